The van der Waals surface area contributed by atoms with Crippen molar-refractivity contribution in [2.75, 3.05) is 25.7 Å². The number of hydrogen-bond acceptors (Lipinski definition) is 5. The predicted molar refractivity (Wildman–Crippen MR) is 96.0 cm³/mol. The lowest BCUT2D eigenvalue weighted by Crippen LogP contribution is -2.18. The lowest BCUT2D eigenvalue weighted by Gasteiger charge is -2.24. The Kier molecular flexibility index (Phi) is 5.82. The van der Waals surface area contributed by atoms with E-state index < -0.39 is 0 Å². The van der Waals surface area contributed by atoms with Gasteiger partial charge in [0.1, 0.15) is 5.82 Å². The molecular formula is C17H22BrN3O2. The molecule has 2 aromatic rings. The molecule has 5 nitrogen and oxygen atoms in total. The van der Waals surface area contributed by atoms with E-state index in [1.54, 1.807) is 20.3 Å². The number of rotatable bonds is 6. The first kappa shape index (κ1) is 17.5. The first-order chi connectivity index (χ1) is 11.0. The second-order valence-electron chi connectivity index (χ2n) is 5.37. The van der Waals surface area contributed by atoms with Gasteiger partial charge in [-0.25, -0.2) is 0 Å². The molecule has 0 bridgehead atoms. The zero-order valence-corrected chi connectivity index (χ0v) is 15.7. The molecule has 0 aliphatic carbocycles. The fraction of sp³-hybridized carbons (Fsp3) is 0.412. The van der Waals surface area contributed by atoms with Crippen LogP contribution in [0.4, 0.5) is 11.5 Å². The van der Waals surface area contributed by atoms with E-state index in [0.717, 1.165) is 22.5 Å². The number of ether oxygens (including phenoxy) is 2. The second kappa shape index (κ2) is 7.64. The van der Waals surface area contributed by atoms with Crippen molar-refractivity contribution in [2.45, 2.75) is 26.7 Å². The maximum Gasteiger partial charge on any atom is 0.321 e. The molecule has 0 radical (unpaired) electrons. The average molecular weight is 380 g/mol. The molecule has 2 rings (SSSR count). The highest BCUT2D eigenvalue weighted by Crippen LogP contribution is 2.34. The van der Waals surface area contributed by atoms with E-state index in [2.05, 4.69) is 69.8 Å². The maximum atomic E-state index is 5.24. The van der Waals surface area contributed by atoms with E-state index >= 15 is 0 Å². The Bertz CT molecular complexity index is 655. The lowest BCUT2D eigenvalue weighted by molar-refractivity contribution is 0.352. The van der Waals surface area contributed by atoms with Gasteiger partial charge in [0.15, 0.2) is 0 Å². The number of methoxy groups -OCH3 is 2. The predicted octanol–water partition coefficient (Wildman–Crippen LogP) is 4.54. The van der Waals surface area contributed by atoms with Crippen LogP contribution in [0.25, 0.3) is 0 Å². The minimum Gasteiger partial charge on any atom is -0.481 e. The van der Waals surface area contributed by atoms with E-state index in [9.17, 15) is 0 Å². The fourth-order valence-electron chi connectivity index (χ4n) is 2.28. The minimum absolute atomic E-state index is 0.285. The van der Waals surface area contributed by atoms with Gasteiger partial charge in [-0.05, 0) is 46.5 Å². The number of benzene rings is 1. The van der Waals surface area contributed by atoms with E-state index in [1.807, 2.05) is 0 Å². The standard InChI is InChI=1S/C17H22BrN3O2/c1-6-21(14-8-7-12(11(2)3)9-13(14)18)15-10-16(22-4)20-17(19-15)23-5/h7-11H,6H2,1-5H3. The summed E-state index contributed by atoms with van der Waals surface area (Å²) in [7, 11) is 3.12. The maximum absolute atomic E-state index is 5.24. The summed E-state index contributed by atoms with van der Waals surface area (Å²) < 4.78 is 11.4. The highest BCUT2D eigenvalue weighted by Gasteiger charge is 2.16. The smallest absolute Gasteiger partial charge is 0.321 e. The molecule has 1 heterocycles. The summed E-state index contributed by atoms with van der Waals surface area (Å²) in [5.41, 5.74) is 2.33. The van der Waals surface area contributed by atoms with Gasteiger partial charge in [-0.1, -0.05) is 19.9 Å². The van der Waals surface area contributed by atoms with Gasteiger partial charge in [-0.15, -0.1) is 0 Å². The molecule has 1 aromatic carbocycles. The van der Waals surface area contributed by atoms with E-state index in [1.165, 1.54) is 5.56 Å². The number of nitrogens with zero attached hydrogens (tertiary/aromatic N) is 3. The second-order valence-corrected chi connectivity index (χ2v) is 6.22. The van der Waals surface area contributed by atoms with Crippen LogP contribution in [0, 0.1) is 0 Å². The zero-order valence-electron chi connectivity index (χ0n) is 14.1. The Balaban J connectivity index is 2.47. The lowest BCUT2D eigenvalue weighted by atomic mass is 10.0. The van der Waals surface area contributed by atoms with Crippen LogP contribution in [0.1, 0.15) is 32.3 Å². The van der Waals surface area contributed by atoms with Crippen LogP contribution in [0.15, 0.2) is 28.7 Å². The summed E-state index contributed by atoms with van der Waals surface area (Å²) >= 11 is 3.68. The first-order valence-corrected chi connectivity index (χ1v) is 8.33. The molecule has 23 heavy (non-hydrogen) atoms. The van der Waals surface area contributed by atoms with E-state index in [0.29, 0.717) is 11.8 Å². The number of halogens is 1. The molecule has 124 valence electrons. The summed E-state index contributed by atoms with van der Waals surface area (Å²) in [6.07, 6.45) is 0. The van der Waals surface area contributed by atoms with Gasteiger partial charge in [-0.2, -0.15) is 9.97 Å². The molecular weight excluding hydrogens is 358 g/mol. The van der Waals surface area contributed by atoms with Gasteiger partial charge < -0.3 is 14.4 Å². The van der Waals surface area contributed by atoms with Crippen molar-refractivity contribution >= 4 is 27.4 Å². The summed E-state index contributed by atoms with van der Waals surface area (Å²) in [6.45, 7) is 7.19. The van der Waals surface area contributed by atoms with Gasteiger partial charge >= 0.3 is 6.01 Å². The molecule has 0 aliphatic rings. The molecule has 0 amide bonds. The Morgan fingerprint density at radius 1 is 1.13 bits per heavy atom. The minimum atomic E-state index is 0.285. The van der Waals surface area contributed by atoms with Crippen molar-refractivity contribution in [2.24, 2.45) is 0 Å². The highest BCUT2D eigenvalue weighted by atomic mass is 79.9. The third-order valence-electron chi connectivity index (χ3n) is 3.58. The molecule has 0 aliphatic heterocycles. The van der Waals surface area contributed by atoms with Crippen LogP contribution in [0.5, 0.6) is 11.9 Å². The van der Waals surface area contributed by atoms with E-state index in [4.69, 9.17) is 9.47 Å². The third kappa shape index (κ3) is 3.93. The SMILES string of the molecule is CCN(c1cc(OC)nc(OC)n1)c1ccc(C(C)C)cc1Br. The van der Waals surface area contributed by atoms with Crippen molar-refractivity contribution in [3.8, 4) is 11.9 Å². The molecule has 6 heteroatoms. The molecule has 0 atom stereocenters. The molecule has 0 unspecified atom stereocenters. The van der Waals surface area contributed by atoms with Crippen LogP contribution in [-0.2, 0) is 0 Å². The fourth-order valence-corrected chi connectivity index (χ4v) is 2.89. The number of anilines is 2. The van der Waals surface area contributed by atoms with Crippen LogP contribution >= 0.6 is 15.9 Å². The Hall–Kier alpha value is -1.82. The van der Waals surface area contributed by atoms with Crippen LogP contribution in [-0.4, -0.2) is 30.7 Å². The van der Waals surface area contributed by atoms with Crippen molar-refractivity contribution in [1.29, 1.82) is 0 Å². The Morgan fingerprint density at radius 2 is 1.87 bits per heavy atom. The van der Waals surface area contributed by atoms with Crippen LogP contribution < -0.4 is 14.4 Å². The summed E-state index contributed by atoms with van der Waals surface area (Å²) in [6, 6.07) is 8.48. The van der Waals surface area contributed by atoms with Gasteiger partial charge in [0, 0.05) is 17.1 Å². The molecule has 0 saturated heterocycles. The van der Waals surface area contributed by atoms with Crippen LogP contribution in [0.3, 0.4) is 0 Å². The Morgan fingerprint density at radius 3 is 2.39 bits per heavy atom. The van der Waals surface area contributed by atoms with Gasteiger partial charge in [-0.3, -0.25) is 0 Å². The van der Waals surface area contributed by atoms with Crippen molar-refractivity contribution in [1.82, 2.24) is 9.97 Å². The average Bonchev–Trinajstić information content (AvgIpc) is 2.56. The van der Waals surface area contributed by atoms with Gasteiger partial charge in [0.25, 0.3) is 0 Å². The van der Waals surface area contributed by atoms with Crippen molar-refractivity contribution in [3.05, 3.63) is 34.3 Å². The summed E-state index contributed by atoms with van der Waals surface area (Å²) in [5, 5.41) is 0. The quantitative estimate of drug-likeness (QED) is 0.737. The Labute approximate surface area is 145 Å². The molecule has 0 N–H and O–H groups in total. The molecule has 1 aromatic heterocycles. The number of hydrogen-bond donors (Lipinski definition) is 0. The van der Waals surface area contributed by atoms with E-state index in [-0.39, 0.29) is 6.01 Å². The molecule has 0 fully saturated rings. The zero-order chi connectivity index (χ0) is 17.0. The van der Waals surface area contributed by atoms with Crippen molar-refractivity contribution in [3.63, 3.8) is 0 Å². The van der Waals surface area contributed by atoms with Gasteiger partial charge in [0.2, 0.25) is 5.88 Å². The first-order valence-electron chi connectivity index (χ1n) is 7.54. The van der Waals surface area contributed by atoms with Crippen molar-refractivity contribution < 1.29 is 9.47 Å². The molecule has 0 spiro atoms. The largest absolute Gasteiger partial charge is 0.481 e. The van der Waals surface area contributed by atoms with Crippen LogP contribution in [0.2, 0.25) is 0 Å². The summed E-state index contributed by atoms with van der Waals surface area (Å²) in [4.78, 5) is 10.7. The monoisotopic (exact) mass is 379 g/mol. The topological polar surface area (TPSA) is 47.5 Å². The normalized spacial score (nSPS) is 10.7. The number of aromatic nitrogens is 2. The third-order valence-corrected chi connectivity index (χ3v) is 4.22. The molecule has 0 saturated carbocycles. The van der Waals surface area contributed by atoms with Gasteiger partial charge in [0.05, 0.1) is 19.9 Å². The highest BCUT2D eigenvalue weighted by molar-refractivity contribution is 9.10. The summed E-state index contributed by atoms with van der Waals surface area (Å²) in [5.74, 6) is 1.68.